The molecule has 0 aromatic heterocycles. The third-order valence-corrected chi connectivity index (χ3v) is 5.18. The van der Waals surface area contributed by atoms with E-state index in [4.69, 9.17) is 5.73 Å². The monoisotopic (exact) mass is 304 g/mol. The standard InChI is InChI=1S/C13H18F2N2O2S/c14-11-3-1-2-10(13(11)15)12(16)4-5-17-6-8-20(18,19)9-7-17/h1-3,12H,4-9,16H2. The van der Waals surface area contributed by atoms with E-state index in [-0.39, 0.29) is 17.1 Å². The fourth-order valence-corrected chi connectivity index (χ4v) is 3.53. The van der Waals surface area contributed by atoms with Crippen molar-refractivity contribution in [1.29, 1.82) is 0 Å². The minimum absolute atomic E-state index is 0.149. The summed E-state index contributed by atoms with van der Waals surface area (Å²) in [6.07, 6.45) is 0.459. The smallest absolute Gasteiger partial charge is 0.163 e. The van der Waals surface area contributed by atoms with Crippen LogP contribution in [0.25, 0.3) is 0 Å². The molecule has 20 heavy (non-hydrogen) atoms. The van der Waals surface area contributed by atoms with Gasteiger partial charge in [-0.3, -0.25) is 0 Å². The molecule has 7 heteroatoms. The van der Waals surface area contributed by atoms with Crippen LogP contribution in [-0.2, 0) is 9.84 Å². The Labute approximate surface area is 117 Å². The summed E-state index contributed by atoms with van der Waals surface area (Å²) in [6, 6.07) is 3.37. The second-order valence-corrected chi connectivity index (χ2v) is 7.34. The lowest BCUT2D eigenvalue weighted by atomic mass is 10.0. The molecule has 0 radical (unpaired) electrons. The summed E-state index contributed by atoms with van der Waals surface area (Å²) in [5, 5.41) is 0. The molecule has 2 rings (SSSR count). The van der Waals surface area contributed by atoms with Gasteiger partial charge >= 0.3 is 0 Å². The second kappa shape index (κ2) is 6.15. The van der Waals surface area contributed by atoms with Crippen molar-refractivity contribution in [3.8, 4) is 0 Å². The van der Waals surface area contributed by atoms with Crippen LogP contribution in [0.5, 0.6) is 0 Å². The summed E-state index contributed by atoms with van der Waals surface area (Å²) in [5.74, 6) is -1.50. The van der Waals surface area contributed by atoms with Gasteiger partial charge in [0.2, 0.25) is 0 Å². The molecule has 0 aliphatic carbocycles. The molecular weight excluding hydrogens is 286 g/mol. The first-order valence-corrected chi connectivity index (χ1v) is 8.33. The summed E-state index contributed by atoms with van der Waals surface area (Å²) in [5.41, 5.74) is 6.05. The fraction of sp³-hybridized carbons (Fsp3) is 0.538. The van der Waals surface area contributed by atoms with E-state index in [0.717, 1.165) is 6.07 Å². The molecule has 1 aromatic carbocycles. The van der Waals surface area contributed by atoms with Crippen molar-refractivity contribution < 1.29 is 17.2 Å². The SMILES string of the molecule is NC(CCN1CCS(=O)(=O)CC1)c1cccc(F)c1F. The average Bonchev–Trinajstić information content (AvgIpc) is 2.40. The van der Waals surface area contributed by atoms with Gasteiger partial charge in [-0.2, -0.15) is 0 Å². The third-order valence-electron chi connectivity index (χ3n) is 3.57. The lowest BCUT2D eigenvalue weighted by Gasteiger charge is -2.27. The minimum atomic E-state index is -2.90. The maximum atomic E-state index is 13.6. The van der Waals surface area contributed by atoms with Crippen molar-refractivity contribution in [2.45, 2.75) is 12.5 Å². The summed E-state index contributed by atoms with van der Waals surface area (Å²) in [4.78, 5) is 1.98. The Morgan fingerprint density at radius 2 is 1.90 bits per heavy atom. The van der Waals surface area contributed by atoms with E-state index >= 15 is 0 Å². The fourth-order valence-electron chi connectivity index (χ4n) is 2.26. The van der Waals surface area contributed by atoms with Gasteiger partial charge in [0, 0.05) is 31.2 Å². The molecule has 1 atom stereocenters. The van der Waals surface area contributed by atoms with Crippen molar-refractivity contribution in [1.82, 2.24) is 4.90 Å². The van der Waals surface area contributed by atoms with E-state index in [9.17, 15) is 17.2 Å². The minimum Gasteiger partial charge on any atom is -0.324 e. The molecule has 0 bridgehead atoms. The van der Waals surface area contributed by atoms with Gasteiger partial charge in [-0.25, -0.2) is 17.2 Å². The van der Waals surface area contributed by atoms with Crippen LogP contribution in [-0.4, -0.2) is 44.5 Å². The molecular formula is C13H18F2N2O2S. The van der Waals surface area contributed by atoms with Crippen LogP contribution in [0, 0.1) is 11.6 Å². The number of hydrogen-bond acceptors (Lipinski definition) is 4. The van der Waals surface area contributed by atoms with Gasteiger partial charge in [0.1, 0.15) is 0 Å². The van der Waals surface area contributed by atoms with Crippen LogP contribution >= 0.6 is 0 Å². The molecule has 1 aliphatic heterocycles. The van der Waals surface area contributed by atoms with Crippen molar-refractivity contribution in [3.05, 3.63) is 35.4 Å². The van der Waals surface area contributed by atoms with Gasteiger partial charge < -0.3 is 10.6 Å². The van der Waals surface area contributed by atoms with E-state index < -0.39 is 27.5 Å². The summed E-state index contributed by atoms with van der Waals surface area (Å²) >= 11 is 0. The zero-order chi connectivity index (χ0) is 14.8. The molecule has 1 fully saturated rings. The Morgan fingerprint density at radius 1 is 1.25 bits per heavy atom. The Bertz CT molecular complexity index is 564. The van der Waals surface area contributed by atoms with Crippen LogP contribution < -0.4 is 5.73 Å². The molecule has 0 amide bonds. The number of nitrogens with two attached hydrogens (primary N) is 1. The van der Waals surface area contributed by atoms with Crippen LogP contribution in [0.15, 0.2) is 18.2 Å². The summed E-state index contributed by atoms with van der Waals surface area (Å²) in [6.45, 7) is 1.52. The van der Waals surface area contributed by atoms with Crippen molar-refractivity contribution in [2.24, 2.45) is 5.73 Å². The van der Waals surface area contributed by atoms with Gasteiger partial charge in [-0.05, 0) is 12.5 Å². The number of halogens is 2. The van der Waals surface area contributed by atoms with Gasteiger partial charge in [0.05, 0.1) is 11.5 Å². The van der Waals surface area contributed by atoms with Crippen LogP contribution in [0.4, 0.5) is 8.78 Å². The Morgan fingerprint density at radius 3 is 2.55 bits per heavy atom. The maximum Gasteiger partial charge on any atom is 0.163 e. The van der Waals surface area contributed by atoms with Gasteiger partial charge in [-0.15, -0.1) is 0 Å². The normalized spacial score (nSPS) is 20.8. The molecule has 1 unspecified atom stereocenters. The number of benzene rings is 1. The molecule has 1 heterocycles. The van der Waals surface area contributed by atoms with Crippen LogP contribution in [0.2, 0.25) is 0 Å². The Hall–Kier alpha value is -1.05. The molecule has 1 aromatic rings. The number of hydrogen-bond donors (Lipinski definition) is 1. The third kappa shape index (κ3) is 3.74. The van der Waals surface area contributed by atoms with Crippen molar-refractivity contribution >= 4 is 9.84 Å². The predicted octanol–water partition coefficient (Wildman–Crippen LogP) is 1.09. The van der Waals surface area contributed by atoms with Gasteiger partial charge in [0.25, 0.3) is 0 Å². The first-order valence-electron chi connectivity index (χ1n) is 6.51. The topological polar surface area (TPSA) is 63.4 Å². The van der Waals surface area contributed by atoms with Crippen LogP contribution in [0.3, 0.4) is 0 Å². The zero-order valence-corrected chi connectivity index (χ0v) is 11.9. The highest BCUT2D eigenvalue weighted by Gasteiger charge is 2.22. The lowest BCUT2D eigenvalue weighted by Crippen LogP contribution is -2.41. The van der Waals surface area contributed by atoms with Gasteiger partial charge in [-0.1, -0.05) is 12.1 Å². The molecule has 0 spiro atoms. The number of sulfone groups is 1. The molecule has 1 saturated heterocycles. The van der Waals surface area contributed by atoms with E-state index in [1.54, 1.807) is 0 Å². The van der Waals surface area contributed by atoms with Crippen molar-refractivity contribution in [3.63, 3.8) is 0 Å². The molecule has 2 N–H and O–H groups in total. The first-order chi connectivity index (χ1) is 9.39. The highest BCUT2D eigenvalue weighted by atomic mass is 32.2. The quantitative estimate of drug-likeness (QED) is 0.904. The summed E-state index contributed by atoms with van der Waals surface area (Å²) in [7, 11) is -2.90. The predicted molar refractivity (Wildman–Crippen MR) is 73.0 cm³/mol. The Balaban J connectivity index is 1.90. The first kappa shape index (κ1) is 15.3. The largest absolute Gasteiger partial charge is 0.324 e. The number of nitrogens with zero attached hydrogens (tertiary/aromatic N) is 1. The highest BCUT2D eigenvalue weighted by molar-refractivity contribution is 7.91. The molecule has 1 aliphatic rings. The van der Waals surface area contributed by atoms with Gasteiger partial charge in [0.15, 0.2) is 21.5 Å². The Kier molecular flexibility index (Phi) is 4.72. The van der Waals surface area contributed by atoms with E-state index in [1.807, 2.05) is 4.90 Å². The molecule has 4 nitrogen and oxygen atoms in total. The maximum absolute atomic E-state index is 13.6. The molecule has 112 valence electrons. The molecule has 0 saturated carbocycles. The van der Waals surface area contributed by atoms with E-state index in [0.29, 0.717) is 26.1 Å². The van der Waals surface area contributed by atoms with Crippen molar-refractivity contribution in [2.75, 3.05) is 31.1 Å². The summed E-state index contributed by atoms with van der Waals surface area (Å²) < 4.78 is 49.3. The number of rotatable bonds is 4. The van der Waals surface area contributed by atoms with E-state index in [1.165, 1.54) is 12.1 Å². The average molecular weight is 304 g/mol. The van der Waals surface area contributed by atoms with E-state index in [2.05, 4.69) is 0 Å². The highest BCUT2D eigenvalue weighted by Crippen LogP contribution is 2.20. The lowest BCUT2D eigenvalue weighted by molar-refractivity contribution is 0.282. The zero-order valence-electron chi connectivity index (χ0n) is 11.1. The van der Waals surface area contributed by atoms with Crippen LogP contribution in [0.1, 0.15) is 18.0 Å². The second-order valence-electron chi connectivity index (χ2n) is 5.03.